The average molecular weight is 370 g/mol. The SMILES string of the molecule is O=C(NC1CC1)c1cccc(CN2CCN(c3ccc(Cl)cc3)CC2)c1. The van der Waals surface area contributed by atoms with Crippen LogP contribution in [-0.4, -0.2) is 43.0 Å². The molecule has 0 radical (unpaired) electrons. The zero-order valence-corrected chi connectivity index (χ0v) is 15.6. The predicted octanol–water partition coefficient (Wildman–Crippen LogP) is 3.55. The zero-order chi connectivity index (χ0) is 17.9. The van der Waals surface area contributed by atoms with Gasteiger partial charge in [-0.2, -0.15) is 0 Å². The quantitative estimate of drug-likeness (QED) is 0.875. The molecule has 0 aromatic heterocycles. The lowest BCUT2D eigenvalue weighted by Crippen LogP contribution is -2.45. The van der Waals surface area contributed by atoms with Crippen molar-refractivity contribution in [1.82, 2.24) is 10.2 Å². The van der Waals surface area contributed by atoms with Gasteiger partial charge in [-0.3, -0.25) is 9.69 Å². The largest absolute Gasteiger partial charge is 0.369 e. The highest BCUT2D eigenvalue weighted by molar-refractivity contribution is 6.30. The van der Waals surface area contributed by atoms with Crippen LogP contribution in [0.1, 0.15) is 28.8 Å². The van der Waals surface area contributed by atoms with Gasteiger partial charge in [0.05, 0.1) is 0 Å². The van der Waals surface area contributed by atoms with E-state index in [9.17, 15) is 4.79 Å². The van der Waals surface area contributed by atoms with E-state index < -0.39 is 0 Å². The number of anilines is 1. The lowest BCUT2D eigenvalue weighted by Gasteiger charge is -2.36. The smallest absolute Gasteiger partial charge is 0.251 e. The van der Waals surface area contributed by atoms with Crippen LogP contribution in [0.4, 0.5) is 5.69 Å². The van der Waals surface area contributed by atoms with Gasteiger partial charge in [-0.15, -0.1) is 0 Å². The monoisotopic (exact) mass is 369 g/mol. The predicted molar refractivity (Wildman–Crippen MR) is 106 cm³/mol. The van der Waals surface area contributed by atoms with Crippen molar-refractivity contribution in [3.63, 3.8) is 0 Å². The number of amides is 1. The fraction of sp³-hybridized carbons (Fsp3) is 0.381. The van der Waals surface area contributed by atoms with Crippen LogP contribution in [0.2, 0.25) is 5.02 Å². The van der Waals surface area contributed by atoms with Gasteiger partial charge in [0.25, 0.3) is 5.91 Å². The maximum absolute atomic E-state index is 12.2. The second-order valence-corrected chi connectivity index (χ2v) is 7.62. The topological polar surface area (TPSA) is 35.6 Å². The third-order valence-corrected chi connectivity index (χ3v) is 5.32. The molecule has 26 heavy (non-hydrogen) atoms. The summed E-state index contributed by atoms with van der Waals surface area (Å²) in [6.45, 7) is 4.92. The van der Waals surface area contributed by atoms with Crippen LogP contribution in [0.5, 0.6) is 0 Å². The average Bonchev–Trinajstić information content (AvgIpc) is 3.47. The molecule has 2 aromatic rings. The maximum Gasteiger partial charge on any atom is 0.251 e. The molecule has 1 saturated carbocycles. The summed E-state index contributed by atoms with van der Waals surface area (Å²) in [5.41, 5.74) is 3.20. The fourth-order valence-electron chi connectivity index (χ4n) is 3.38. The summed E-state index contributed by atoms with van der Waals surface area (Å²) >= 11 is 5.97. The van der Waals surface area contributed by atoms with Gasteiger partial charge in [0.2, 0.25) is 0 Å². The summed E-state index contributed by atoms with van der Waals surface area (Å²) in [5, 5.41) is 3.84. The first kappa shape index (κ1) is 17.4. The number of halogens is 1. The number of carbonyl (C=O) groups excluding carboxylic acids is 1. The van der Waals surface area contributed by atoms with Gasteiger partial charge in [0.15, 0.2) is 0 Å². The van der Waals surface area contributed by atoms with Crippen LogP contribution in [0.15, 0.2) is 48.5 Å². The summed E-state index contributed by atoms with van der Waals surface area (Å²) < 4.78 is 0. The Morgan fingerprint density at radius 2 is 1.77 bits per heavy atom. The Kier molecular flexibility index (Phi) is 5.14. The molecule has 1 saturated heterocycles. The molecule has 2 aliphatic rings. The highest BCUT2D eigenvalue weighted by Gasteiger charge is 2.24. The fourth-order valence-corrected chi connectivity index (χ4v) is 3.51. The van der Waals surface area contributed by atoms with Gasteiger partial charge >= 0.3 is 0 Å². The minimum Gasteiger partial charge on any atom is -0.369 e. The van der Waals surface area contributed by atoms with Crippen LogP contribution < -0.4 is 10.2 Å². The lowest BCUT2D eigenvalue weighted by atomic mass is 10.1. The second-order valence-electron chi connectivity index (χ2n) is 7.19. The molecule has 1 aliphatic carbocycles. The number of piperazine rings is 1. The summed E-state index contributed by atoms with van der Waals surface area (Å²) in [6.07, 6.45) is 2.23. The highest BCUT2D eigenvalue weighted by atomic mass is 35.5. The maximum atomic E-state index is 12.2. The number of nitrogens with one attached hydrogen (secondary N) is 1. The molecule has 1 amide bonds. The molecule has 136 valence electrons. The van der Waals surface area contributed by atoms with Crippen LogP contribution in [0, 0.1) is 0 Å². The Morgan fingerprint density at radius 3 is 2.46 bits per heavy atom. The van der Waals surface area contributed by atoms with Gasteiger partial charge in [-0.25, -0.2) is 0 Å². The van der Waals surface area contributed by atoms with Gasteiger partial charge < -0.3 is 10.2 Å². The number of nitrogens with zero attached hydrogens (tertiary/aromatic N) is 2. The number of hydrogen-bond acceptors (Lipinski definition) is 3. The molecule has 2 aromatic carbocycles. The Bertz CT molecular complexity index is 765. The van der Waals surface area contributed by atoms with Crippen molar-refractivity contribution in [3.8, 4) is 0 Å². The highest BCUT2D eigenvalue weighted by Crippen LogP contribution is 2.21. The van der Waals surface area contributed by atoms with Crippen molar-refractivity contribution < 1.29 is 4.79 Å². The van der Waals surface area contributed by atoms with E-state index in [-0.39, 0.29) is 5.91 Å². The summed E-state index contributed by atoms with van der Waals surface area (Å²) in [7, 11) is 0. The molecule has 0 bridgehead atoms. The molecule has 1 aliphatic heterocycles. The standard InChI is InChI=1S/C21H24ClN3O/c22-18-4-8-20(9-5-18)25-12-10-24(11-13-25)15-16-2-1-3-17(14-16)21(26)23-19-6-7-19/h1-5,8-9,14,19H,6-7,10-13,15H2,(H,23,26). The van der Waals surface area contributed by atoms with Crippen molar-refractivity contribution in [2.45, 2.75) is 25.4 Å². The summed E-state index contributed by atoms with van der Waals surface area (Å²) in [5.74, 6) is 0.0573. The van der Waals surface area contributed by atoms with Crippen LogP contribution in [0.25, 0.3) is 0 Å². The van der Waals surface area contributed by atoms with Crippen molar-refractivity contribution in [2.24, 2.45) is 0 Å². The minimum absolute atomic E-state index is 0.0573. The molecule has 5 heteroatoms. The Hall–Kier alpha value is -2.04. The number of hydrogen-bond donors (Lipinski definition) is 1. The van der Waals surface area contributed by atoms with E-state index in [1.54, 1.807) is 0 Å². The third kappa shape index (κ3) is 4.37. The molecule has 0 unspecified atom stereocenters. The van der Waals surface area contributed by atoms with Crippen molar-refractivity contribution >= 4 is 23.2 Å². The van der Waals surface area contributed by atoms with Gasteiger partial charge in [0.1, 0.15) is 0 Å². The number of carbonyl (C=O) groups is 1. The van der Waals surface area contributed by atoms with Gasteiger partial charge in [0, 0.05) is 55.0 Å². The van der Waals surface area contributed by atoms with E-state index in [4.69, 9.17) is 11.6 Å². The second kappa shape index (κ2) is 7.68. The molecular formula is C21H24ClN3O. The van der Waals surface area contributed by atoms with Crippen LogP contribution in [0.3, 0.4) is 0 Å². The molecule has 1 N–H and O–H groups in total. The van der Waals surface area contributed by atoms with Crippen molar-refractivity contribution in [3.05, 3.63) is 64.7 Å². The molecule has 0 atom stereocenters. The zero-order valence-electron chi connectivity index (χ0n) is 14.8. The first-order chi connectivity index (χ1) is 12.7. The molecule has 2 fully saturated rings. The first-order valence-electron chi connectivity index (χ1n) is 9.30. The third-order valence-electron chi connectivity index (χ3n) is 5.07. The van der Waals surface area contributed by atoms with E-state index in [1.165, 1.54) is 11.3 Å². The van der Waals surface area contributed by atoms with Gasteiger partial charge in [-0.1, -0.05) is 23.7 Å². The summed E-state index contributed by atoms with van der Waals surface area (Å²) in [4.78, 5) is 17.1. The molecule has 1 heterocycles. The molecule has 0 spiro atoms. The van der Waals surface area contributed by atoms with E-state index in [1.807, 2.05) is 30.3 Å². The normalized spacial score (nSPS) is 18.0. The van der Waals surface area contributed by atoms with Crippen LogP contribution >= 0.6 is 11.6 Å². The number of rotatable bonds is 5. The molecule has 4 nitrogen and oxygen atoms in total. The Balaban J connectivity index is 1.32. The Morgan fingerprint density at radius 1 is 1.04 bits per heavy atom. The Labute approximate surface area is 159 Å². The van der Waals surface area contributed by atoms with E-state index in [0.717, 1.165) is 56.2 Å². The van der Waals surface area contributed by atoms with Crippen molar-refractivity contribution in [2.75, 3.05) is 31.1 Å². The lowest BCUT2D eigenvalue weighted by molar-refractivity contribution is 0.0951. The molecular weight excluding hydrogens is 346 g/mol. The first-order valence-corrected chi connectivity index (χ1v) is 9.68. The van der Waals surface area contributed by atoms with E-state index >= 15 is 0 Å². The molecule has 4 rings (SSSR count). The van der Waals surface area contributed by atoms with Gasteiger partial charge in [-0.05, 0) is 54.8 Å². The van der Waals surface area contributed by atoms with Crippen LogP contribution in [-0.2, 0) is 6.54 Å². The van der Waals surface area contributed by atoms with Crippen molar-refractivity contribution in [1.29, 1.82) is 0 Å². The van der Waals surface area contributed by atoms with E-state index in [0.29, 0.717) is 6.04 Å². The number of benzene rings is 2. The summed E-state index contributed by atoms with van der Waals surface area (Å²) in [6, 6.07) is 16.5. The minimum atomic E-state index is 0.0573. The van der Waals surface area contributed by atoms with E-state index in [2.05, 4.69) is 33.3 Å².